The summed E-state index contributed by atoms with van der Waals surface area (Å²) in [5.41, 5.74) is 12.2. The number of hydrogen-bond acceptors (Lipinski definition) is 7. The second kappa shape index (κ2) is 12.3. The van der Waals surface area contributed by atoms with E-state index in [1.807, 2.05) is 36.6 Å². The fourth-order valence-electron chi connectivity index (χ4n) is 2.10. The number of hydrazine groups is 1. The Labute approximate surface area is 179 Å². The second-order valence-corrected chi connectivity index (χ2v) is 6.09. The predicted octanol–water partition coefficient (Wildman–Crippen LogP) is 1.16. The van der Waals surface area contributed by atoms with Crippen LogP contribution in [0.4, 0.5) is 0 Å². The third-order valence-electron chi connectivity index (χ3n) is 3.72. The van der Waals surface area contributed by atoms with E-state index in [9.17, 15) is 9.59 Å². The van der Waals surface area contributed by atoms with Crippen LogP contribution in [0, 0.1) is 6.92 Å². The number of carbonyl (C=O) groups excluding carboxylic acids is 2. The molecule has 2 heterocycles. The van der Waals surface area contributed by atoms with E-state index in [-0.39, 0.29) is 24.3 Å². The van der Waals surface area contributed by atoms with E-state index in [1.165, 1.54) is 24.8 Å². The lowest BCUT2D eigenvalue weighted by atomic mass is 10.2. The molecule has 0 fully saturated rings. The van der Waals surface area contributed by atoms with Gasteiger partial charge in [-0.2, -0.15) is 5.10 Å². The Balaban J connectivity index is 0.000000285. The Hall–Kier alpha value is -4.31. The molecule has 2 amide bonds. The highest BCUT2D eigenvalue weighted by atomic mass is 16.5. The van der Waals surface area contributed by atoms with Crippen molar-refractivity contribution in [2.45, 2.75) is 6.92 Å². The van der Waals surface area contributed by atoms with Crippen LogP contribution in [0.1, 0.15) is 26.3 Å². The summed E-state index contributed by atoms with van der Waals surface area (Å²) in [6.07, 6.45) is 6.13. The minimum atomic E-state index is -0.351. The van der Waals surface area contributed by atoms with Crippen molar-refractivity contribution < 1.29 is 14.3 Å². The van der Waals surface area contributed by atoms with Gasteiger partial charge in [0.25, 0.3) is 11.8 Å². The number of hydrazone groups is 1. The molecule has 0 bridgehead atoms. The number of nitrogens with two attached hydrogens (primary N) is 2. The van der Waals surface area contributed by atoms with E-state index in [0.29, 0.717) is 16.9 Å². The highest BCUT2D eigenvalue weighted by molar-refractivity contribution is 5.95. The van der Waals surface area contributed by atoms with E-state index in [1.54, 1.807) is 24.3 Å². The largest absolute Gasteiger partial charge is 0.486 e. The molecule has 0 radical (unpaired) electrons. The summed E-state index contributed by atoms with van der Waals surface area (Å²) >= 11 is 0. The molecular weight excluding hydrogens is 398 g/mol. The van der Waals surface area contributed by atoms with Crippen molar-refractivity contribution in [2.24, 2.45) is 16.7 Å². The fraction of sp³-hybridized carbons (Fsp3) is 0.0952. The number of nitrogens with one attached hydrogen (secondary N) is 2. The van der Waals surface area contributed by atoms with Crippen LogP contribution in [0.15, 0.2) is 78.4 Å². The van der Waals surface area contributed by atoms with Crippen LogP contribution in [0.2, 0.25) is 0 Å². The predicted molar refractivity (Wildman–Crippen MR) is 116 cm³/mol. The van der Waals surface area contributed by atoms with Gasteiger partial charge in [-0.15, -0.1) is 0 Å². The molecule has 0 atom stereocenters. The van der Waals surface area contributed by atoms with Crippen LogP contribution >= 0.6 is 0 Å². The first-order chi connectivity index (χ1) is 15.0. The lowest BCUT2D eigenvalue weighted by Crippen LogP contribution is -2.29. The number of amidine groups is 1. The monoisotopic (exact) mass is 421 g/mol. The van der Waals surface area contributed by atoms with Gasteiger partial charge in [-0.1, -0.05) is 17.7 Å². The zero-order chi connectivity index (χ0) is 22.5. The van der Waals surface area contributed by atoms with E-state index in [4.69, 9.17) is 16.3 Å². The highest BCUT2D eigenvalue weighted by Gasteiger charge is 2.04. The van der Waals surface area contributed by atoms with Crippen molar-refractivity contribution in [3.63, 3.8) is 0 Å². The number of aryl methyl sites for hydroxylation is 1. The summed E-state index contributed by atoms with van der Waals surface area (Å²) in [6, 6.07) is 13.9. The van der Waals surface area contributed by atoms with E-state index >= 15 is 0 Å². The minimum absolute atomic E-state index is 0.0969. The Morgan fingerprint density at radius 2 is 1.42 bits per heavy atom. The van der Waals surface area contributed by atoms with Crippen molar-refractivity contribution in [2.75, 3.05) is 6.61 Å². The van der Waals surface area contributed by atoms with Crippen LogP contribution in [0.25, 0.3) is 0 Å². The van der Waals surface area contributed by atoms with Crippen LogP contribution in [-0.2, 0) is 0 Å². The molecular formula is C21H23N7O3. The molecule has 0 aliphatic carbocycles. The van der Waals surface area contributed by atoms with Crippen molar-refractivity contribution in [1.82, 2.24) is 20.8 Å². The minimum Gasteiger partial charge on any atom is -0.486 e. The molecule has 0 spiro atoms. The van der Waals surface area contributed by atoms with Crippen molar-refractivity contribution in [3.05, 3.63) is 90.0 Å². The maximum absolute atomic E-state index is 11.7. The summed E-state index contributed by atoms with van der Waals surface area (Å²) in [5, 5.41) is 3.78. The number of carbonyl (C=O) groups is 2. The lowest BCUT2D eigenvalue weighted by Gasteiger charge is -2.06. The Morgan fingerprint density at radius 1 is 0.903 bits per heavy atom. The maximum Gasteiger partial charge on any atom is 0.271 e. The smallest absolute Gasteiger partial charge is 0.271 e. The number of pyridine rings is 2. The molecule has 10 heteroatoms. The Bertz CT molecular complexity index is 995. The number of aromatic nitrogens is 2. The van der Waals surface area contributed by atoms with Gasteiger partial charge in [-0.25, -0.2) is 11.3 Å². The molecule has 31 heavy (non-hydrogen) atoms. The molecule has 160 valence electrons. The van der Waals surface area contributed by atoms with Gasteiger partial charge in [0, 0.05) is 35.9 Å². The first kappa shape index (κ1) is 23.0. The van der Waals surface area contributed by atoms with Crippen LogP contribution in [0.3, 0.4) is 0 Å². The van der Waals surface area contributed by atoms with Crippen molar-refractivity contribution >= 4 is 17.6 Å². The summed E-state index contributed by atoms with van der Waals surface area (Å²) in [4.78, 5) is 30.0. The number of nitrogen functional groups attached to an aromatic ring is 1. The second-order valence-electron chi connectivity index (χ2n) is 6.09. The van der Waals surface area contributed by atoms with Gasteiger partial charge >= 0.3 is 0 Å². The number of nitrogens with zero attached hydrogens (tertiary/aromatic N) is 3. The molecule has 3 aromatic rings. The zero-order valence-corrected chi connectivity index (χ0v) is 16.9. The van der Waals surface area contributed by atoms with Gasteiger partial charge in [-0.3, -0.25) is 25.0 Å². The molecule has 0 saturated carbocycles. The van der Waals surface area contributed by atoms with E-state index < -0.39 is 0 Å². The SMILES string of the molecule is Cc1ccc(OC/C(N)=N\NC(=O)c2ccncc2)cc1.NNC(=O)c1ccncc1. The highest BCUT2D eigenvalue weighted by Crippen LogP contribution is 2.10. The molecule has 0 saturated heterocycles. The van der Waals surface area contributed by atoms with Gasteiger partial charge < -0.3 is 10.5 Å². The quantitative estimate of drug-likeness (QED) is 0.153. The summed E-state index contributed by atoms with van der Waals surface area (Å²) in [7, 11) is 0. The van der Waals surface area contributed by atoms with E-state index in [0.717, 1.165) is 5.56 Å². The zero-order valence-electron chi connectivity index (χ0n) is 16.9. The number of hydrogen-bond donors (Lipinski definition) is 4. The topological polar surface area (TPSA) is 158 Å². The standard InChI is InChI=1S/C15H16N4O2.C6H7N3O/c1-11-2-4-13(5-3-11)21-10-14(16)18-19-15(20)12-6-8-17-9-7-12;7-9-6(10)5-1-3-8-4-2-5/h2-9H,10H2,1H3,(H2,16,18)(H,19,20);1-4H,7H2,(H,9,10). The molecule has 0 unspecified atom stereocenters. The summed E-state index contributed by atoms with van der Waals surface area (Å²) in [6.45, 7) is 2.09. The normalized spacial score (nSPS) is 10.3. The average molecular weight is 421 g/mol. The molecule has 0 aliphatic heterocycles. The Morgan fingerprint density at radius 3 is 1.94 bits per heavy atom. The Kier molecular flexibility index (Phi) is 9.11. The van der Waals surface area contributed by atoms with Gasteiger partial charge in [0.2, 0.25) is 0 Å². The molecule has 0 aliphatic rings. The lowest BCUT2D eigenvalue weighted by molar-refractivity contribution is 0.0946. The van der Waals surface area contributed by atoms with Gasteiger partial charge in [0.15, 0.2) is 5.84 Å². The molecule has 6 N–H and O–H groups in total. The third kappa shape index (κ3) is 8.30. The van der Waals surface area contributed by atoms with Crippen molar-refractivity contribution in [1.29, 1.82) is 0 Å². The van der Waals surface area contributed by atoms with Gasteiger partial charge in [0.1, 0.15) is 12.4 Å². The molecule has 1 aromatic carbocycles. The van der Waals surface area contributed by atoms with Gasteiger partial charge in [-0.05, 0) is 43.3 Å². The van der Waals surface area contributed by atoms with E-state index in [2.05, 4.69) is 20.5 Å². The fourth-order valence-corrected chi connectivity index (χ4v) is 2.10. The first-order valence-corrected chi connectivity index (χ1v) is 9.12. The van der Waals surface area contributed by atoms with Crippen LogP contribution in [0.5, 0.6) is 5.75 Å². The number of ether oxygens (including phenoxy) is 1. The summed E-state index contributed by atoms with van der Waals surface area (Å²) in [5.74, 6) is 5.10. The van der Waals surface area contributed by atoms with Crippen molar-refractivity contribution in [3.8, 4) is 5.75 Å². The van der Waals surface area contributed by atoms with Crippen LogP contribution in [-0.4, -0.2) is 34.2 Å². The molecule has 3 rings (SSSR count). The van der Waals surface area contributed by atoms with Gasteiger partial charge in [0.05, 0.1) is 0 Å². The van der Waals surface area contributed by atoms with Crippen LogP contribution < -0.4 is 27.2 Å². The average Bonchev–Trinajstić information content (AvgIpc) is 2.83. The third-order valence-corrected chi connectivity index (χ3v) is 3.72. The maximum atomic E-state index is 11.7. The number of amides is 2. The first-order valence-electron chi connectivity index (χ1n) is 9.12. The molecule has 10 nitrogen and oxygen atoms in total. The number of benzene rings is 1. The molecule has 2 aromatic heterocycles. The summed E-state index contributed by atoms with van der Waals surface area (Å²) < 4.78 is 5.44. The number of rotatable bonds is 6.